The van der Waals surface area contributed by atoms with E-state index in [-0.39, 0.29) is 0 Å². The van der Waals surface area contributed by atoms with Gasteiger partial charge in [-0.3, -0.25) is 0 Å². The minimum atomic E-state index is -2.07. The van der Waals surface area contributed by atoms with Crippen molar-refractivity contribution in [3.05, 3.63) is 27.5 Å². The Labute approximate surface area is 197 Å². The van der Waals surface area contributed by atoms with Gasteiger partial charge >= 0.3 is 199 Å². The zero-order chi connectivity index (χ0) is 20.7. The maximum atomic E-state index is 2.61. The number of hydrogen-bond donors (Lipinski definition) is 0. The summed E-state index contributed by atoms with van der Waals surface area (Å²) in [5.41, 5.74) is 4.74. The second-order valence-electron chi connectivity index (χ2n) is 9.57. The van der Waals surface area contributed by atoms with Gasteiger partial charge in [-0.05, 0) is 0 Å². The third-order valence-electron chi connectivity index (χ3n) is 4.77. The van der Waals surface area contributed by atoms with E-state index in [1.807, 2.05) is 0 Å². The van der Waals surface area contributed by atoms with Crippen LogP contribution >= 0.6 is 46.2 Å². The van der Waals surface area contributed by atoms with E-state index in [2.05, 4.69) is 102 Å². The Bertz CT molecular complexity index is 805. The zero-order valence-corrected chi connectivity index (χ0v) is 27.6. The number of fused-ring (bicyclic) bond motifs is 3. The van der Waals surface area contributed by atoms with Gasteiger partial charge in [0.1, 0.15) is 0 Å². The van der Waals surface area contributed by atoms with Crippen LogP contribution in [0.4, 0.5) is 0 Å². The van der Waals surface area contributed by atoms with Gasteiger partial charge in [-0.15, -0.1) is 0 Å². The third-order valence-corrected chi connectivity index (χ3v) is 28.9. The van der Waals surface area contributed by atoms with Crippen LogP contribution in [0.3, 0.4) is 0 Å². The van der Waals surface area contributed by atoms with Crippen molar-refractivity contribution in [1.82, 2.24) is 0 Å². The molecule has 0 aromatic carbocycles. The first kappa shape index (κ1) is 24.1. The minimum absolute atomic E-state index is 1.23. The van der Waals surface area contributed by atoms with Crippen molar-refractivity contribution < 1.29 is 0 Å². The Morgan fingerprint density at radius 1 is 0.750 bits per heavy atom. The van der Waals surface area contributed by atoms with E-state index in [0.29, 0.717) is 0 Å². The van der Waals surface area contributed by atoms with Crippen molar-refractivity contribution in [3.63, 3.8) is 0 Å². The normalized spacial score (nSPS) is 13.8. The van der Waals surface area contributed by atoms with E-state index < -0.39 is 36.8 Å². The molecule has 2 aromatic rings. The first-order valence-corrected chi connectivity index (χ1v) is 34.0. The van der Waals surface area contributed by atoms with E-state index in [1.54, 1.807) is 36.5 Å². The van der Waals surface area contributed by atoms with Gasteiger partial charge in [-0.2, -0.15) is 0 Å². The first-order valence-electron chi connectivity index (χ1n) is 10.4. The quantitative estimate of drug-likeness (QED) is 0.225. The molecule has 154 valence electrons. The van der Waals surface area contributed by atoms with E-state index in [1.165, 1.54) is 24.3 Å². The van der Waals surface area contributed by atoms with Gasteiger partial charge in [0.05, 0.1) is 0 Å². The van der Waals surface area contributed by atoms with Crippen LogP contribution in [-0.4, -0.2) is 48.3 Å². The molecule has 0 radical (unpaired) electrons. The molecule has 1 aliphatic carbocycles. The molecule has 28 heavy (non-hydrogen) atoms. The van der Waals surface area contributed by atoms with Crippen molar-refractivity contribution in [3.8, 4) is 9.75 Å². The molecule has 0 aliphatic heterocycles. The fourth-order valence-corrected chi connectivity index (χ4v) is 18.4. The summed E-state index contributed by atoms with van der Waals surface area (Å²) in [6.07, 6.45) is 2.49. The van der Waals surface area contributed by atoms with E-state index >= 15 is 0 Å². The molecule has 0 amide bonds. The van der Waals surface area contributed by atoms with Crippen LogP contribution in [0.5, 0.6) is 0 Å². The summed E-state index contributed by atoms with van der Waals surface area (Å²) in [5.74, 6) is 2.45. The predicted molar refractivity (Wildman–Crippen MR) is 145 cm³/mol. The van der Waals surface area contributed by atoms with Gasteiger partial charge in [0.2, 0.25) is 0 Å². The summed E-state index contributed by atoms with van der Waals surface area (Å²) in [4.78, 5) is 18.6. The number of thiophene rings is 2. The number of rotatable bonds is 8. The molecule has 0 saturated heterocycles. The second-order valence-corrected chi connectivity index (χ2v) is 45.0. The molecular formula is C22H34S4Sn2. The van der Waals surface area contributed by atoms with Gasteiger partial charge in [0.25, 0.3) is 0 Å². The van der Waals surface area contributed by atoms with Gasteiger partial charge in [0, 0.05) is 0 Å². The Balaban J connectivity index is 2.23. The molecule has 0 bridgehead atoms. The Kier molecular flexibility index (Phi) is 8.18. The monoisotopic (exact) mass is 666 g/mol. The van der Waals surface area contributed by atoms with Crippen LogP contribution in [0.25, 0.3) is 15.3 Å². The topological polar surface area (TPSA) is 0 Å². The second kappa shape index (κ2) is 9.51. The summed E-state index contributed by atoms with van der Waals surface area (Å²) < 4.78 is 5.06. The first-order chi connectivity index (χ1) is 13.1. The average Bonchev–Trinajstić information content (AvgIpc) is 3.25. The van der Waals surface area contributed by atoms with Crippen molar-refractivity contribution in [2.45, 2.75) is 56.3 Å². The molecule has 0 atom stereocenters. The summed E-state index contributed by atoms with van der Waals surface area (Å²) in [7, 11) is 0. The van der Waals surface area contributed by atoms with Crippen LogP contribution in [0, 0.1) is 0 Å². The van der Waals surface area contributed by atoms with Gasteiger partial charge in [0.15, 0.2) is 0 Å². The van der Waals surface area contributed by atoms with Crippen molar-refractivity contribution in [2.24, 2.45) is 0 Å². The summed E-state index contributed by atoms with van der Waals surface area (Å²) in [5, 5.41) is 0. The van der Waals surface area contributed by atoms with Gasteiger partial charge in [-0.1, -0.05) is 0 Å². The standard InChI is InChI=1S/C16H16S4.6CH3.2Sn/c1-3-7-19-16(20-8-4-2)13-11-5-9-17-14(11)15-12(13)6-10-18-15;;;;;;;;/h5-6H,3-4,7-8H2,1-2H3;6*1H3;;. The molecule has 0 unspecified atom stereocenters. The van der Waals surface area contributed by atoms with Crippen molar-refractivity contribution >= 4 is 94.3 Å². The Morgan fingerprint density at radius 2 is 1.14 bits per heavy atom. The summed E-state index contributed by atoms with van der Waals surface area (Å²) in [6.45, 7) is 4.61. The molecular weight excluding hydrogens is 630 g/mol. The fourth-order valence-electron chi connectivity index (χ4n) is 3.17. The molecule has 2 aromatic heterocycles. The molecule has 0 fully saturated rings. The van der Waals surface area contributed by atoms with Crippen LogP contribution in [-0.2, 0) is 0 Å². The number of thioether (sulfide) groups is 2. The molecule has 0 spiro atoms. The van der Waals surface area contributed by atoms with E-state index in [4.69, 9.17) is 0 Å². The van der Waals surface area contributed by atoms with Crippen LogP contribution in [0.2, 0.25) is 29.6 Å². The van der Waals surface area contributed by atoms with Crippen LogP contribution in [0.15, 0.2) is 16.4 Å². The third kappa shape index (κ3) is 5.08. The summed E-state index contributed by atoms with van der Waals surface area (Å²) >= 11 is 4.36. The molecule has 2 heterocycles. The fraction of sp³-hybridized carbons (Fsp3) is 0.545. The van der Waals surface area contributed by atoms with Crippen molar-refractivity contribution in [1.29, 1.82) is 0 Å². The Morgan fingerprint density at radius 3 is 1.46 bits per heavy atom. The van der Waals surface area contributed by atoms with E-state index in [9.17, 15) is 0 Å². The molecule has 0 saturated carbocycles. The van der Waals surface area contributed by atoms with Crippen LogP contribution in [0.1, 0.15) is 37.8 Å². The number of hydrogen-bond acceptors (Lipinski definition) is 4. The average molecular weight is 664 g/mol. The summed E-state index contributed by atoms with van der Waals surface area (Å²) in [6, 6.07) is 5.22. The van der Waals surface area contributed by atoms with Gasteiger partial charge in [-0.25, -0.2) is 0 Å². The Hall–Kier alpha value is 1.44. The van der Waals surface area contributed by atoms with Crippen LogP contribution < -0.4 is 5.79 Å². The van der Waals surface area contributed by atoms with E-state index in [0.717, 1.165) is 0 Å². The molecule has 6 heteroatoms. The molecule has 1 aliphatic rings. The molecule has 0 nitrogen and oxygen atoms in total. The molecule has 3 rings (SSSR count). The van der Waals surface area contributed by atoms with Gasteiger partial charge < -0.3 is 0 Å². The predicted octanol–water partition coefficient (Wildman–Crippen LogP) is 7.88. The zero-order valence-electron chi connectivity index (χ0n) is 18.6. The SMILES string of the molecule is CCCSC(SCCC)=C1c2c[c]([Sn]([CH3])([CH3])[CH3])sc2-c2s[c]([Sn]([CH3])([CH3])[CH3])cc21. The van der Waals surface area contributed by atoms with Crippen molar-refractivity contribution in [2.75, 3.05) is 11.5 Å². The maximum absolute atomic E-state index is 2.61. The molecule has 0 N–H and O–H groups in total.